The van der Waals surface area contributed by atoms with E-state index in [9.17, 15) is 9.59 Å². The van der Waals surface area contributed by atoms with Crippen LogP contribution in [0, 0.1) is 5.92 Å². The highest BCUT2D eigenvalue weighted by atomic mass is 35.5. The van der Waals surface area contributed by atoms with Crippen molar-refractivity contribution < 1.29 is 23.8 Å². The maximum atomic E-state index is 13.6. The van der Waals surface area contributed by atoms with E-state index in [1.165, 1.54) is 7.11 Å². The number of rotatable bonds is 12. The van der Waals surface area contributed by atoms with E-state index >= 15 is 0 Å². The molecule has 11 nitrogen and oxygen atoms in total. The van der Waals surface area contributed by atoms with Gasteiger partial charge in [0.15, 0.2) is 0 Å². The van der Waals surface area contributed by atoms with Gasteiger partial charge in [-0.05, 0) is 76.6 Å². The summed E-state index contributed by atoms with van der Waals surface area (Å²) in [6.45, 7) is 5.93. The molecule has 242 valence electrons. The van der Waals surface area contributed by atoms with E-state index in [2.05, 4.69) is 15.3 Å². The van der Waals surface area contributed by atoms with Gasteiger partial charge in [0.2, 0.25) is 11.8 Å². The van der Waals surface area contributed by atoms with Gasteiger partial charge in [-0.3, -0.25) is 14.6 Å². The fraction of sp³-hybridized carbons (Fsp3) is 0.441. The van der Waals surface area contributed by atoms with Gasteiger partial charge in [0.25, 0.3) is 5.91 Å². The molecule has 2 fully saturated rings. The molecule has 6 rings (SSSR count). The monoisotopic (exact) mass is 646 g/mol. The maximum Gasteiger partial charge on any atom is 0.251 e. The molecule has 2 aromatic heterocycles. The number of anilines is 1. The minimum Gasteiger partial charge on any atom is -0.495 e. The first kappa shape index (κ1) is 31.6. The number of nitrogens with one attached hydrogen (secondary N) is 1. The molecule has 46 heavy (non-hydrogen) atoms. The molecule has 2 aliphatic carbocycles. The SMILES string of the molecule is COc1cc(C(=O)NC[C@H](c2cc3c(c(-c4ccnc(OC(C)C)c4Cl)n2)OC[C@]3(C)C(N)=O)C2CC2)cc(C=NC2CC2)c1N. The van der Waals surface area contributed by atoms with Crippen molar-refractivity contribution in [1.82, 2.24) is 15.3 Å². The molecular weight excluding hydrogens is 608 g/mol. The lowest BCUT2D eigenvalue weighted by molar-refractivity contribution is -0.123. The lowest BCUT2D eigenvalue weighted by Gasteiger charge is -2.23. The van der Waals surface area contributed by atoms with Crippen molar-refractivity contribution in [3.63, 3.8) is 0 Å². The summed E-state index contributed by atoms with van der Waals surface area (Å²) in [7, 11) is 1.52. The minimum atomic E-state index is -1.07. The number of nitrogens with zero attached hydrogens (tertiary/aromatic N) is 3. The summed E-state index contributed by atoms with van der Waals surface area (Å²) in [4.78, 5) is 40.2. The molecule has 0 spiro atoms. The molecule has 1 aliphatic heterocycles. The van der Waals surface area contributed by atoms with Crippen molar-refractivity contribution >= 4 is 35.3 Å². The van der Waals surface area contributed by atoms with Crippen LogP contribution in [0.25, 0.3) is 11.3 Å². The molecule has 1 aromatic carbocycles. The molecule has 0 saturated heterocycles. The van der Waals surface area contributed by atoms with Crippen molar-refractivity contribution in [3.05, 3.63) is 57.9 Å². The number of methoxy groups -OCH3 is 1. The molecule has 0 unspecified atom stereocenters. The Morgan fingerprint density at radius 1 is 1.24 bits per heavy atom. The molecule has 0 bridgehead atoms. The molecule has 2 amide bonds. The number of nitrogens with two attached hydrogens (primary N) is 2. The first-order chi connectivity index (χ1) is 22.0. The Hall–Kier alpha value is -4.38. The van der Waals surface area contributed by atoms with Gasteiger partial charge in [0.05, 0.1) is 24.9 Å². The molecule has 3 heterocycles. The van der Waals surface area contributed by atoms with E-state index < -0.39 is 11.3 Å². The van der Waals surface area contributed by atoms with Gasteiger partial charge in [-0.25, -0.2) is 9.97 Å². The van der Waals surface area contributed by atoms with Crippen LogP contribution >= 0.6 is 11.6 Å². The van der Waals surface area contributed by atoms with E-state index in [0.29, 0.717) is 63.4 Å². The lowest BCUT2D eigenvalue weighted by atomic mass is 9.82. The number of halogens is 1. The molecular formula is C34H39ClN6O5. The molecule has 2 saturated carbocycles. The van der Waals surface area contributed by atoms with E-state index in [-0.39, 0.29) is 41.4 Å². The second-order valence-corrected chi connectivity index (χ2v) is 13.1. The van der Waals surface area contributed by atoms with Crippen molar-refractivity contribution in [1.29, 1.82) is 0 Å². The molecule has 0 radical (unpaired) electrons. The van der Waals surface area contributed by atoms with Crippen LogP contribution < -0.4 is 31.0 Å². The average Bonchev–Trinajstić information content (AvgIpc) is 3.96. The van der Waals surface area contributed by atoms with Crippen LogP contribution in [0.4, 0.5) is 5.69 Å². The predicted molar refractivity (Wildman–Crippen MR) is 176 cm³/mol. The number of primary amides is 1. The van der Waals surface area contributed by atoms with Crippen LogP contribution in [-0.2, 0) is 10.2 Å². The third-order valence-electron chi connectivity index (χ3n) is 8.78. The van der Waals surface area contributed by atoms with Crippen molar-refractivity contribution in [2.24, 2.45) is 16.6 Å². The van der Waals surface area contributed by atoms with Crippen molar-refractivity contribution in [3.8, 4) is 28.6 Å². The summed E-state index contributed by atoms with van der Waals surface area (Å²) in [5.74, 6) is 0.492. The van der Waals surface area contributed by atoms with Crippen molar-refractivity contribution in [2.45, 2.75) is 69.9 Å². The zero-order valence-corrected chi connectivity index (χ0v) is 27.2. The van der Waals surface area contributed by atoms with E-state index in [0.717, 1.165) is 25.7 Å². The number of hydrogen-bond acceptors (Lipinski definition) is 9. The average molecular weight is 647 g/mol. The third kappa shape index (κ3) is 6.20. The second kappa shape index (κ2) is 12.4. The number of carbonyl (C=O) groups excluding carboxylic acids is 2. The van der Waals surface area contributed by atoms with Crippen LogP contribution in [0.2, 0.25) is 5.02 Å². The van der Waals surface area contributed by atoms with E-state index in [1.807, 2.05) is 19.9 Å². The lowest BCUT2D eigenvalue weighted by Crippen LogP contribution is -2.40. The Bertz CT molecular complexity index is 1720. The Kier molecular flexibility index (Phi) is 8.54. The smallest absolute Gasteiger partial charge is 0.251 e. The molecule has 5 N–H and O–H groups in total. The molecule has 3 aromatic rings. The van der Waals surface area contributed by atoms with Gasteiger partial charge in [0, 0.05) is 52.8 Å². The number of hydrogen-bond donors (Lipinski definition) is 3. The number of fused-ring (bicyclic) bond motifs is 1. The zero-order chi connectivity index (χ0) is 32.7. The van der Waals surface area contributed by atoms with Gasteiger partial charge in [-0.2, -0.15) is 0 Å². The van der Waals surface area contributed by atoms with Crippen LogP contribution in [0.15, 0.2) is 35.5 Å². The number of benzene rings is 1. The number of carbonyl (C=O) groups is 2. The predicted octanol–water partition coefficient (Wildman–Crippen LogP) is 4.82. The summed E-state index contributed by atoms with van der Waals surface area (Å²) in [6.07, 6.45) is 7.25. The Labute approximate surface area is 273 Å². The normalized spacial score (nSPS) is 19.5. The van der Waals surface area contributed by atoms with Crippen LogP contribution in [0.1, 0.15) is 79.6 Å². The minimum absolute atomic E-state index is 0.0735. The second-order valence-electron chi connectivity index (χ2n) is 12.7. The summed E-state index contributed by atoms with van der Waals surface area (Å²) in [6, 6.07) is 7.32. The first-order valence-electron chi connectivity index (χ1n) is 15.6. The molecule has 3 aliphatic rings. The largest absolute Gasteiger partial charge is 0.495 e. The van der Waals surface area contributed by atoms with Crippen molar-refractivity contribution in [2.75, 3.05) is 26.0 Å². The zero-order valence-electron chi connectivity index (χ0n) is 26.4. The van der Waals surface area contributed by atoms with Gasteiger partial charge < -0.3 is 31.0 Å². The summed E-state index contributed by atoms with van der Waals surface area (Å²) >= 11 is 6.83. The fourth-order valence-corrected chi connectivity index (χ4v) is 5.92. The summed E-state index contributed by atoms with van der Waals surface area (Å²) in [5.41, 5.74) is 15.0. The maximum absolute atomic E-state index is 13.6. The highest BCUT2D eigenvalue weighted by molar-refractivity contribution is 6.34. The van der Waals surface area contributed by atoms with Crippen LogP contribution in [-0.4, -0.2) is 60.4 Å². The molecule has 12 heteroatoms. The number of ether oxygens (including phenoxy) is 3. The van der Waals surface area contributed by atoms with Gasteiger partial charge in [-0.15, -0.1) is 0 Å². The summed E-state index contributed by atoms with van der Waals surface area (Å²) in [5, 5.41) is 3.39. The Balaban J connectivity index is 1.35. The highest BCUT2D eigenvalue weighted by Crippen LogP contribution is 2.49. The number of amides is 2. The standard InChI is InChI=1S/C34H39ClN6O5/c1-17(2)46-32-27(35)22(9-10-38-32)29-30-24(34(3,16-45-30)33(37)43)13-25(41-29)23(18-5-6-18)15-40-31(42)19-11-20(14-39-21-7-8-21)28(36)26(12-19)44-4/h9-14,17-18,21,23H,5-8,15-16,36H2,1-4H3,(H2,37,43)(H,40,42)/t23-,34-/m0/s1. The van der Waals surface area contributed by atoms with Gasteiger partial charge >= 0.3 is 0 Å². The number of aromatic nitrogens is 2. The van der Waals surface area contributed by atoms with E-state index in [4.69, 9.17) is 42.3 Å². The quantitative estimate of drug-likeness (QED) is 0.186. The number of nitrogen functional groups attached to an aromatic ring is 1. The van der Waals surface area contributed by atoms with Crippen LogP contribution in [0.5, 0.6) is 17.4 Å². The fourth-order valence-electron chi connectivity index (χ4n) is 5.67. The first-order valence-corrected chi connectivity index (χ1v) is 16.0. The Morgan fingerprint density at radius 3 is 2.65 bits per heavy atom. The van der Waals surface area contributed by atoms with Gasteiger partial charge in [-0.1, -0.05) is 11.6 Å². The van der Waals surface area contributed by atoms with Crippen LogP contribution in [0.3, 0.4) is 0 Å². The molecule has 2 atom stereocenters. The Morgan fingerprint density at radius 2 is 2.00 bits per heavy atom. The highest BCUT2D eigenvalue weighted by Gasteiger charge is 2.45. The number of aliphatic imine (C=N–C) groups is 1. The topological polar surface area (TPSA) is 164 Å². The van der Waals surface area contributed by atoms with E-state index in [1.54, 1.807) is 37.5 Å². The summed E-state index contributed by atoms with van der Waals surface area (Å²) < 4.78 is 17.4. The van der Waals surface area contributed by atoms with Gasteiger partial charge in [0.1, 0.15) is 34.2 Å². The number of pyridine rings is 2. The third-order valence-corrected chi connectivity index (χ3v) is 9.14.